The molecule has 0 unspecified atom stereocenters. The molecule has 0 amide bonds. The van der Waals surface area contributed by atoms with E-state index in [0.29, 0.717) is 47.0 Å². The van der Waals surface area contributed by atoms with Gasteiger partial charge in [0.05, 0.1) is 15.8 Å². The van der Waals surface area contributed by atoms with Crippen molar-refractivity contribution in [1.29, 1.82) is 0 Å². The van der Waals surface area contributed by atoms with E-state index in [-0.39, 0.29) is 11.6 Å². The Morgan fingerprint density at radius 3 is 2.71 bits per heavy atom. The summed E-state index contributed by atoms with van der Waals surface area (Å²) in [4.78, 5) is 30.6. The van der Waals surface area contributed by atoms with Crippen LogP contribution in [0.5, 0.6) is 0 Å². The normalized spacial score (nSPS) is 14.1. The molecule has 0 spiro atoms. The van der Waals surface area contributed by atoms with Crippen LogP contribution in [0.1, 0.15) is 0 Å². The van der Waals surface area contributed by atoms with Gasteiger partial charge in [-0.05, 0) is 18.2 Å². The van der Waals surface area contributed by atoms with Gasteiger partial charge in [0.15, 0.2) is 5.82 Å². The molecule has 1 aromatic carbocycles. The van der Waals surface area contributed by atoms with Crippen LogP contribution in [0.3, 0.4) is 0 Å². The van der Waals surface area contributed by atoms with Crippen molar-refractivity contribution >= 4 is 28.2 Å². The summed E-state index contributed by atoms with van der Waals surface area (Å²) in [5, 5.41) is 20.0. The minimum absolute atomic E-state index is 0.0194. The Morgan fingerprint density at radius 1 is 1.13 bits per heavy atom. The van der Waals surface area contributed by atoms with E-state index in [1.807, 2.05) is 11.0 Å². The first-order valence-corrected chi connectivity index (χ1v) is 9.65. The number of nitrogens with zero attached hydrogens (tertiary/aromatic N) is 8. The van der Waals surface area contributed by atoms with Crippen LogP contribution in [-0.4, -0.2) is 60.8 Å². The molecule has 1 aliphatic heterocycles. The molecule has 4 aromatic rings. The molecule has 0 aliphatic carbocycles. The van der Waals surface area contributed by atoms with Gasteiger partial charge in [-0.3, -0.25) is 15.1 Å². The van der Waals surface area contributed by atoms with Crippen LogP contribution in [0.15, 0.2) is 42.9 Å². The fraction of sp³-hybridized carbons (Fsp3) is 0.211. The predicted octanol–water partition coefficient (Wildman–Crippen LogP) is 1.17. The first-order valence-electron chi connectivity index (χ1n) is 9.65. The Labute approximate surface area is 175 Å². The zero-order valence-electron chi connectivity index (χ0n) is 16.3. The second-order valence-electron chi connectivity index (χ2n) is 6.97. The van der Waals surface area contributed by atoms with Gasteiger partial charge in [0.1, 0.15) is 17.7 Å². The molecule has 3 aromatic heterocycles. The van der Waals surface area contributed by atoms with Gasteiger partial charge in [-0.2, -0.15) is 9.67 Å². The molecule has 0 bridgehead atoms. The van der Waals surface area contributed by atoms with E-state index in [4.69, 9.17) is 5.73 Å². The van der Waals surface area contributed by atoms with E-state index in [1.165, 1.54) is 17.1 Å². The van der Waals surface area contributed by atoms with Crippen molar-refractivity contribution in [1.82, 2.24) is 35.0 Å². The second-order valence-corrected chi connectivity index (χ2v) is 6.97. The number of nitrogen functional groups attached to an aromatic ring is 1. The molecule has 0 atom stereocenters. The molecule has 156 valence electrons. The number of pyridine rings is 1. The summed E-state index contributed by atoms with van der Waals surface area (Å²) in [6.07, 6.45) is 3.01. The summed E-state index contributed by atoms with van der Waals surface area (Å²) in [6.45, 7) is 2.87. The van der Waals surface area contributed by atoms with E-state index in [1.54, 1.807) is 24.4 Å². The van der Waals surface area contributed by atoms with Crippen LogP contribution in [0.2, 0.25) is 0 Å². The minimum atomic E-state index is -0.391. The molecule has 1 fully saturated rings. The lowest BCUT2D eigenvalue weighted by Gasteiger charge is -2.29. The van der Waals surface area contributed by atoms with Crippen LogP contribution in [-0.2, 0) is 0 Å². The van der Waals surface area contributed by atoms with Gasteiger partial charge >= 0.3 is 0 Å². The third-order valence-corrected chi connectivity index (χ3v) is 5.09. The first kappa shape index (κ1) is 18.8. The second kappa shape index (κ2) is 7.57. The zero-order chi connectivity index (χ0) is 21.4. The molecule has 5 rings (SSSR count). The molecule has 0 radical (unpaired) electrons. The quantitative estimate of drug-likeness (QED) is 0.364. The highest BCUT2D eigenvalue weighted by Gasteiger charge is 2.24. The Morgan fingerprint density at radius 2 is 1.97 bits per heavy atom. The van der Waals surface area contributed by atoms with E-state index >= 15 is 0 Å². The van der Waals surface area contributed by atoms with Gasteiger partial charge in [0.25, 0.3) is 5.69 Å². The standard InChI is InChI=1S/C19H18N10O2/c20-19-25-17(13-3-1-2-4-22-13)26-28(19)18-12-9-16(29(30)31)15(10-14(12)23-11-24-18)27-7-5-21-6-8-27/h1-4,9-11,21H,5-8H2,(H2,20,25,26). The van der Waals surface area contributed by atoms with Crippen LogP contribution in [0, 0.1) is 10.1 Å². The van der Waals surface area contributed by atoms with E-state index in [9.17, 15) is 10.1 Å². The molecule has 31 heavy (non-hydrogen) atoms. The summed E-state index contributed by atoms with van der Waals surface area (Å²) in [5.74, 6) is 0.735. The lowest BCUT2D eigenvalue weighted by Crippen LogP contribution is -2.43. The number of benzene rings is 1. The number of fused-ring (bicyclic) bond motifs is 1. The number of nitro benzene ring substituents is 1. The number of rotatable bonds is 4. The molecule has 12 heteroatoms. The van der Waals surface area contributed by atoms with Gasteiger partial charge in [0.2, 0.25) is 11.8 Å². The molecule has 1 aliphatic rings. The molecular weight excluding hydrogens is 400 g/mol. The van der Waals surface area contributed by atoms with Gasteiger partial charge in [-0.1, -0.05) is 6.07 Å². The van der Waals surface area contributed by atoms with Crippen molar-refractivity contribution in [2.45, 2.75) is 0 Å². The van der Waals surface area contributed by atoms with Crippen molar-refractivity contribution in [3.63, 3.8) is 0 Å². The summed E-state index contributed by atoms with van der Waals surface area (Å²) < 4.78 is 1.35. The van der Waals surface area contributed by atoms with Gasteiger partial charge in [-0.15, -0.1) is 5.10 Å². The molecular formula is C19H18N10O2. The van der Waals surface area contributed by atoms with Crippen LogP contribution >= 0.6 is 0 Å². The number of anilines is 2. The first-order chi connectivity index (χ1) is 15.1. The number of aromatic nitrogens is 6. The number of piperazine rings is 1. The SMILES string of the molecule is Nc1nc(-c2ccccn2)nn1-c1ncnc2cc(N3CCNCC3)c([N+](=O)[O-])cc12. The highest BCUT2D eigenvalue weighted by atomic mass is 16.6. The largest absolute Gasteiger partial charge is 0.368 e. The summed E-state index contributed by atoms with van der Waals surface area (Å²) in [7, 11) is 0. The Hall–Kier alpha value is -4.19. The van der Waals surface area contributed by atoms with Crippen molar-refractivity contribution in [3.05, 3.63) is 53.0 Å². The van der Waals surface area contributed by atoms with Gasteiger partial charge < -0.3 is 16.0 Å². The number of nitro groups is 1. The molecule has 3 N–H and O–H groups in total. The average Bonchev–Trinajstić information content (AvgIpc) is 3.20. The Bertz CT molecular complexity index is 1270. The van der Waals surface area contributed by atoms with E-state index in [2.05, 4.69) is 30.4 Å². The van der Waals surface area contributed by atoms with Crippen molar-refractivity contribution in [3.8, 4) is 17.3 Å². The highest BCUT2D eigenvalue weighted by molar-refractivity contribution is 5.92. The summed E-state index contributed by atoms with van der Waals surface area (Å²) >= 11 is 0. The average molecular weight is 418 g/mol. The third kappa shape index (κ3) is 3.38. The van der Waals surface area contributed by atoms with E-state index < -0.39 is 4.92 Å². The summed E-state index contributed by atoms with van der Waals surface area (Å²) in [6, 6.07) is 8.57. The lowest BCUT2D eigenvalue weighted by molar-refractivity contribution is -0.384. The number of nitrogens with one attached hydrogen (secondary N) is 1. The van der Waals surface area contributed by atoms with Crippen LogP contribution < -0.4 is 16.0 Å². The molecule has 4 heterocycles. The fourth-order valence-electron chi connectivity index (χ4n) is 3.62. The fourth-order valence-corrected chi connectivity index (χ4v) is 3.62. The van der Waals surface area contributed by atoms with Crippen molar-refractivity contribution in [2.24, 2.45) is 0 Å². The van der Waals surface area contributed by atoms with Gasteiger partial charge in [-0.25, -0.2) is 9.97 Å². The number of hydrogen-bond acceptors (Lipinski definition) is 10. The monoisotopic (exact) mass is 418 g/mol. The van der Waals surface area contributed by atoms with Crippen LogP contribution in [0.25, 0.3) is 28.2 Å². The Balaban J connectivity index is 1.66. The van der Waals surface area contributed by atoms with E-state index in [0.717, 1.165) is 13.1 Å². The van der Waals surface area contributed by atoms with Crippen molar-refractivity contribution in [2.75, 3.05) is 36.8 Å². The van der Waals surface area contributed by atoms with Crippen molar-refractivity contribution < 1.29 is 4.92 Å². The van der Waals surface area contributed by atoms with Gasteiger partial charge in [0, 0.05) is 38.4 Å². The maximum Gasteiger partial charge on any atom is 0.293 e. The topological polar surface area (TPSA) is 154 Å². The maximum absolute atomic E-state index is 11.9. The molecule has 1 saturated heterocycles. The Kier molecular flexibility index (Phi) is 4.59. The molecule has 0 saturated carbocycles. The maximum atomic E-state index is 11.9. The minimum Gasteiger partial charge on any atom is -0.368 e. The third-order valence-electron chi connectivity index (χ3n) is 5.09. The number of nitrogens with two attached hydrogens (primary N) is 1. The van der Waals surface area contributed by atoms with Crippen LogP contribution in [0.4, 0.5) is 17.3 Å². The predicted molar refractivity (Wildman–Crippen MR) is 114 cm³/mol. The smallest absolute Gasteiger partial charge is 0.293 e. The summed E-state index contributed by atoms with van der Waals surface area (Å²) in [5.41, 5.74) is 7.72. The highest BCUT2D eigenvalue weighted by Crippen LogP contribution is 2.34. The molecule has 12 nitrogen and oxygen atoms in total. The number of hydrogen-bond donors (Lipinski definition) is 2. The lowest BCUT2D eigenvalue weighted by atomic mass is 10.1. The zero-order valence-corrected chi connectivity index (χ0v) is 16.3.